The predicted octanol–water partition coefficient (Wildman–Crippen LogP) is 5.46. The molecule has 0 atom stereocenters. The Balaban J connectivity index is 1.87. The number of carbonyl (C=O) groups is 2. The Labute approximate surface area is 179 Å². The topological polar surface area (TPSA) is 78.6 Å². The lowest BCUT2D eigenvalue weighted by Gasteiger charge is -2.17. The predicted molar refractivity (Wildman–Crippen MR) is 118 cm³/mol. The normalized spacial score (nSPS) is 10.3. The van der Waals surface area contributed by atoms with Crippen molar-refractivity contribution in [3.63, 3.8) is 0 Å². The molecule has 0 heterocycles. The van der Waals surface area contributed by atoms with Crippen molar-refractivity contribution in [2.45, 2.75) is 0 Å². The van der Waals surface area contributed by atoms with Gasteiger partial charge in [-0.15, -0.1) is 0 Å². The van der Waals surface area contributed by atoms with Crippen LogP contribution in [-0.4, -0.2) is 11.9 Å². The van der Waals surface area contributed by atoms with E-state index >= 15 is 0 Å². The Morgan fingerprint density at radius 2 is 1.26 bits per heavy atom. The second kappa shape index (κ2) is 8.97. The van der Waals surface area contributed by atoms with Gasteiger partial charge in [0.05, 0.1) is 5.56 Å². The molecule has 0 saturated heterocycles. The zero-order valence-corrected chi connectivity index (χ0v) is 16.5. The molecule has 0 unspecified atom stereocenters. The second-order valence-corrected chi connectivity index (χ2v) is 6.75. The lowest BCUT2D eigenvalue weighted by molar-refractivity contribution is 0.0729. The molecule has 4 aromatic rings. The Bertz CT molecular complexity index is 1210. The van der Waals surface area contributed by atoms with Gasteiger partial charge in [-0.2, -0.15) is 0 Å². The van der Waals surface area contributed by atoms with Crippen molar-refractivity contribution in [2.24, 2.45) is 5.73 Å². The molecular weight excluding hydrogens is 390 g/mol. The maximum Gasteiger partial charge on any atom is 0.343 e. The smallest absolute Gasteiger partial charge is 0.343 e. The number of hydrogen-bond donors (Lipinski definition) is 1. The molecule has 0 saturated carbocycles. The van der Waals surface area contributed by atoms with Crippen LogP contribution in [0.1, 0.15) is 20.7 Å². The van der Waals surface area contributed by atoms with Gasteiger partial charge in [0.2, 0.25) is 5.91 Å². The Hall–Kier alpha value is -4.38. The molecule has 1 amide bonds. The van der Waals surface area contributed by atoms with Crippen LogP contribution in [0.2, 0.25) is 0 Å². The van der Waals surface area contributed by atoms with Crippen LogP contribution in [-0.2, 0) is 0 Å². The fourth-order valence-electron chi connectivity index (χ4n) is 3.10. The Morgan fingerprint density at radius 1 is 0.677 bits per heavy atom. The maximum atomic E-state index is 12.8. The highest BCUT2D eigenvalue weighted by Gasteiger charge is 2.21. The van der Waals surface area contributed by atoms with Gasteiger partial charge >= 0.3 is 5.97 Å². The van der Waals surface area contributed by atoms with Crippen molar-refractivity contribution >= 4 is 11.9 Å². The molecule has 2 N–H and O–H groups in total. The molecule has 4 aromatic carbocycles. The first-order valence-electron chi connectivity index (χ1n) is 9.65. The third-order valence-corrected chi connectivity index (χ3v) is 4.60. The molecule has 0 radical (unpaired) electrons. The van der Waals surface area contributed by atoms with E-state index in [4.69, 9.17) is 15.2 Å². The first-order chi connectivity index (χ1) is 15.1. The van der Waals surface area contributed by atoms with Crippen molar-refractivity contribution in [1.82, 2.24) is 0 Å². The SMILES string of the molecule is NC(=O)c1cc(OC(=O)c2ccccc2)c(Oc2ccccc2)c(-c2ccccc2)c1. The summed E-state index contributed by atoms with van der Waals surface area (Å²) in [5, 5.41) is 0. The number of primary amides is 1. The molecule has 152 valence electrons. The van der Waals surface area contributed by atoms with Gasteiger partial charge < -0.3 is 15.2 Å². The number of hydrogen-bond acceptors (Lipinski definition) is 4. The third-order valence-electron chi connectivity index (χ3n) is 4.60. The van der Waals surface area contributed by atoms with Crippen molar-refractivity contribution < 1.29 is 19.1 Å². The van der Waals surface area contributed by atoms with E-state index in [0.29, 0.717) is 22.6 Å². The molecular formula is C26H19NO4. The minimum Gasteiger partial charge on any atom is -0.453 e. The standard InChI is InChI=1S/C26H19NO4/c27-25(28)20-16-22(18-10-4-1-5-11-18)24(30-21-14-8-3-9-15-21)23(17-20)31-26(29)19-12-6-2-7-13-19/h1-17H,(H2,27,28). The van der Waals surface area contributed by atoms with Crippen LogP contribution in [0, 0.1) is 0 Å². The summed E-state index contributed by atoms with van der Waals surface area (Å²) >= 11 is 0. The van der Waals surface area contributed by atoms with Crippen LogP contribution in [0.15, 0.2) is 103 Å². The molecule has 0 aliphatic carbocycles. The summed E-state index contributed by atoms with van der Waals surface area (Å²) in [7, 11) is 0. The summed E-state index contributed by atoms with van der Waals surface area (Å²) in [6, 6.07) is 30.2. The average Bonchev–Trinajstić information content (AvgIpc) is 2.81. The molecule has 4 rings (SSSR count). The molecule has 0 spiro atoms. The molecule has 0 fully saturated rings. The van der Waals surface area contributed by atoms with E-state index < -0.39 is 11.9 Å². The summed E-state index contributed by atoms with van der Waals surface area (Å²) in [5.41, 5.74) is 7.50. The molecule has 0 aliphatic heterocycles. The van der Waals surface area contributed by atoms with E-state index in [0.717, 1.165) is 5.56 Å². The van der Waals surface area contributed by atoms with Crippen molar-refractivity contribution in [3.8, 4) is 28.4 Å². The van der Waals surface area contributed by atoms with Gasteiger partial charge in [0.15, 0.2) is 11.5 Å². The average molecular weight is 409 g/mol. The Morgan fingerprint density at radius 3 is 1.87 bits per heavy atom. The number of rotatable bonds is 6. The van der Waals surface area contributed by atoms with Crippen LogP contribution in [0.4, 0.5) is 0 Å². The van der Waals surface area contributed by atoms with Gasteiger partial charge in [-0.25, -0.2) is 4.79 Å². The van der Waals surface area contributed by atoms with Crippen LogP contribution < -0.4 is 15.2 Å². The summed E-state index contributed by atoms with van der Waals surface area (Å²) in [4.78, 5) is 24.8. The summed E-state index contributed by atoms with van der Waals surface area (Å²) < 4.78 is 11.8. The first-order valence-corrected chi connectivity index (χ1v) is 9.65. The van der Waals surface area contributed by atoms with E-state index in [9.17, 15) is 9.59 Å². The van der Waals surface area contributed by atoms with Crippen LogP contribution >= 0.6 is 0 Å². The quantitative estimate of drug-likeness (QED) is 0.339. The van der Waals surface area contributed by atoms with Gasteiger partial charge in [-0.1, -0.05) is 66.7 Å². The lowest BCUT2D eigenvalue weighted by Crippen LogP contribution is -2.14. The van der Waals surface area contributed by atoms with E-state index in [1.807, 2.05) is 54.6 Å². The van der Waals surface area contributed by atoms with Crippen molar-refractivity contribution in [3.05, 3.63) is 114 Å². The monoisotopic (exact) mass is 409 g/mol. The number of esters is 1. The Kier molecular flexibility index (Phi) is 5.76. The fraction of sp³-hybridized carbons (Fsp3) is 0. The van der Waals surface area contributed by atoms with Crippen LogP contribution in [0.25, 0.3) is 11.1 Å². The first kappa shape index (κ1) is 19.9. The number of carbonyl (C=O) groups excluding carboxylic acids is 2. The minimum absolute atomic E-state index is 0.104. The molecule has 0 aromatic heterocycles. The van der Waals surface area contributed by atoms with Gasteiger partial charge in [0.25, 0.3) is 0 Å². The molecule has 0 aliphatic rings. The lowest BCUT2D eigenvalue weighted by atomic mass is 10.0. The van der Waals surface area contributed by atoms with Crippen molar-refractivity contribution in [2.75, 3.05) is 0 Å². The van der Waals surface area contributed by atoms with Gasteiger partial charge in [-0.05, 0) is 42.0 Å². The molecule has 31 heavy (non-hydrogen) atoms. The van der Waals surface area contributed by atoms with E-state index in [2.05, 4.69) is 0 Å². The number of amides is 1. The van der Waals surface area contributed by atoms with Gasteiger partial charge in [0.1, 0.15) is 5.75 Å². The third kappa shape index (κ3) is 4.62. The minimum atomic E-state index is -0.638. The maximum absolute atomic E-state index is 12.8. The van der Waals surface area contributed by atoms with Gasteiger partial charge in [-0.3, -0.25) is 4.79 Å². The number of para-hydroxylation sites is 1. The van der Waals surface area contributed by atoms with Crippen molar-refractivity contribution in [1.29, 1.82) is 0 Å². The highest BCUT2D eigenvalue weighted by Crippen LogP contribution is 2.42. The van der Waals surface area contributed by atoms with E-state index in [1.165, 1.54) is 6.07 Å². The zero-order chi connectivity index (χ0) is 21.6. The number of nitrogens with two attached hydrogens (primary N) is 1. The highest BCUT2D eigenvalue weighted by molar-refractivity contribution is 5.97. The molecule has 0 bridgehead atoms. The summed E-state index contributed by atoms with van der Waals surface area (Å²) in [5.74, 6) is -0.234. The second-order valence-electron chi connectivity index (χ2n) is 6.75. The number of ether oxygens (including phenoxy) is 2. The molecule has 5 nitrogen and oxygen atoms in total. The van der Waals surface area contributed by atoms with E-state index in [1.54, 1.807) is 42.5 Å². The zero-order valence-electron chi connectivity index (χ0n) is 16.5. The highest BCUT2D eigenvalue weighted by atomic mass is 16.6. The van der Waals surface area contributed by atoms with E-state index in [-0.39, 0.29) is 11.3 Å². The summed E-state index contributed by atoms with van der Waals surface area (Å²) in [6.45, 7) is 0. The van der Waals surface area contributed by atoms with Crippen LogP contribution in [0.5, 0.6) is 17.2 Å². The largest absolute Gasteiger partial charge is 0.453 e. The number of benzene rings is 4. The summed E-state index contributed by atoms with van der Waals surface area (Å²) in [6.07, 6.45) is 0. The fourth-order valence-corrected chi connectivity index (χ4v) is 3.10. The van der Waals surface area contributed by atoms with Gasteiger partial charge in [0, 0.05) is 11.1 Å². The van der Waals surface area contributed by atoms with Crippen LogP contribution in [0.3, 0.4) is 0 Å². The molecule has 5 heteroatoms.